The van der Waals surface area contributed by atoms with E-state index in [0.717, 1.165) is 11.3 Å². The van der Waals surface area contributed by atoms with E-state index in [9.17, 15) is 19.7 Å². The molecule has 232 valence electrons. The van der Waals surface area contributed by atoms with Crippen LogP contribution in [0.3, 0.4) is 0 Å². The number of rotatable bonds is 12. The van der Waals surface area contributed by atoms with E-state index in [4.69, 9.17) is 30.8 Å². The van der Waals surface area contributed by atoms with Gasteiger partial charge in [0.05, 0.1) is 47.2 Å². The normalized spacial score (nSPS) is 13.7. The molecule has 0 unspecified atom stereocenters. The highest BCUT2D eigenvalue weighted by Gasteiger charge is 2.28. The van der Waals surface area contributed by atoms with Gasteiger partial charge < -0.3 is 24.4 Å². The largest absolute Gasteiger partial charge is 0.447 e. The molecule has 3 aromatic heterocycles. The van der Waals surface area contributed by atoms with E-state index < -0.39 is 16.9 Å². The number of hydrogen-bond donors (Lipinski definition) is 1. The first-order valence-electron chi connectivity index (χ1n) is 14.0. The first kappa shape index (κ1) is 31.3. The fourth-order valence-corrected chi connectivity index (χ4v) is 5.51. The van der Waals surface area contributed by atoms with Crippen LogP contribution in [0.25, 0.3) is 22.4 Å². The number of likely N-dealkylation sites (tertiary alicyclic amines) is 1. The molecule has 44 heavy (non-hydrogen) atoms. The number of nitro groups is 1. The van der Waals surface area contributed by atoms with Crippen molar-refractivity contribution >= 4 is 56.8 Å². The van der Waals surface area contributed by atoms with Crippen LogP contribution in [-0.4, -0.2) is 87.7 Å². The molecule has 0 aliphatic carbocycles. The van der Waals surface area contributed by atoms with Gasteiger partial charge in [-0.15, -0.1) is 0 Å². The van der Waals surface area contributed by atoms with Crippen molar-refractivity contribution in [3.8, 4) is 11.4 Å². The first-order valence-corrected chi connectivity index (χ1v) is 15.2. The van der Waals surface area contributed by atoms with Crippen molar-refractivity contribution in [3.05, 3.63) is 62.6 Å². The standard InChI is InChI=1S/C28H30ClN7O7S/c1-2-41-13-14-42-15-16-43-28(38)34-11-9-20(10-12-34)35-26-21(17-30-35)25(31-24(32-26)18-3-5-19(29)6-4-18)33-27(37)22-7-8-23(44-22)36(39)40/h3-8,17,20H,2,9-16H2,1H3,(H,31,32,33,37). The average molecular weight is 644 g/mol. The van der Waals surface area contributed by atoms with Crippen LogP contribution in [0.4, 0.5) is 15.6 Å². The number of anilines is 1. The molecule has 1 aliphatic rings. The Balaban J connectivity index is 1.31. The summed E-state index contributed by atoms with van der Waals surface area (Å²) in [4.78, 5) is 47.4. The van der Waals surface area contributed by atoms with Crippen molar-refractivity contribution in [2.75, 3.05) is 51.4 Å². The van der Waals surface area contributed by atoms with Crippen LogP contribution in [0, 0.1) is 10.1 Å². The van der Waals surface area contributed by atoms with Gasteiger partial charge in [0.1, 0.15) is 12.4 Å². The average Bonchev–Trinajstić information content (AvgIpc) is 3.70. The Morgan fingerprint density at radius 1 is 1.07 bits per heavy atom. The van der Waals surface area contributed by atoms with Gasteiger partial charge in [-0.1, -0.05) is 22.9 Å². The molecule has 1 N–H and O–H groups in total. The molecule has 0 atom stereocenters. The summed E-state index contributed by atoms with van der Waals surface area (Å²) < 4.78 is 17.7. The molecular formula is C28H30ClN7O7S. The second kappa shape index (κ2) is 14.5. The summed E-state index contributed by atoms with van der Waals surface area (Å²) in [5, 5.41) is 19.4. The van der Waals surface area contributed by atoms with E-state index in [1.165, 1.54) is 12.1 Å². The minimum absolute atomic E-state index is 0.0742. The summed E-state index contributed by atoms with van der Waals surface area (Å²) in [7, 11) is 0. The molecule has 14 nitrogen and oxygen atoms in total. The highest BCUT2D eigenvalue weighted by molar-refractivity contribution is 7.17. The van der Waals surface area contributed by atoms with Crippen molar-refractivity contribution in [2.45, 2.75) is 25.8 Å². The van der Waals surface area contributed by atoms with Crippen molar-refractivity contribution in [1.82, 2.24) is 24.6 Å². The highest BCUT2D eigenvalue weighted by Crippen LogP contribution is 2.32. The fourth-order valence-electron chi connectivity index (χ4n) is 4.67. The number of halogens is 1. The van der Waals surface area contributed by atoms with Gasteiger partial charge in [0, 0.05) is 36.3 Å². The number of ether oxygens (including phenoxy) is 3. The van der Waals surface area contributed by atoms with E-state index in [1.807, 2.05) is 6.92 Å². The second-order valence-corrected chi connectivity index (χ2v) is 11.2. The number of thiophene rings is 1. The number of piperidine rings is 1. The zero-order valence-electron chi connectivity index (χ0n) is 23.8. The molecule has 2 amide bonds. The molecule has 0 bridgehead atoms. The summed E-state index contributed by atoms with van der Waals surface area (Å²) in [5.41, 5.74) is 1.17. The molecule has 5 rings (SSSR count). The number of hydrogen-bond acceptors (Lipinski definition) is 11. The third-order valence-corrected chi connectivity index (χ3v) is 8.17. The molecule has 1 aromatic carbocycles. The highest BCUT2D eigenvalue weighted by atomic mass is 35.5. The first-order chi connectivity index (χ1) is 21.3. The quantitative estimate of drug-likeness (QED) is 0.123. The zero-order chi connectivity index (χ0) is 31.1. The molecule has 0 radical (unpaired) electrons. The smallest absolute Gasteiger partial charge is 0.409 e. The molecule has 1 fully saturated rings. The number of carbonyl (C=O) groups excluding carboxylic acids is 2. The van der Waals surface area contributed by atoms with Crippen LogP contribution in [0.1, 0.15) is 35.5 Å². The lowest BCUT2D eigenvalue weighted by atomic mass is 10.1. The summed E-state index contributed by atoms with van der Waals surface area (Å²) >= 11 is 6.85. The van der Waals surface area contributed by atoms with E-state index in [2.05, 4.69) is 15.4 Å². The predicted octanol–water partition coefficient (Wildman–Crippen LogP) is 5.20. The number of amides is 2. The minimum atomic E-state index is -0.544. The number of benzene rings is 1. The van der Waals surface area contributed by atoms with E-state index in [0.29, 0.717) is 79.8 Å². The maximum atomic E-state index is 13.1. The van der Waals surface area contributed by atoms with Gasteiger partial charge in [0.2, 0.25) is 0 Å². The van der Waals surface area contributed by atoms with E-state index in [-0.39, 0.29) is 28.3 Å². The number of nitrogens with one attached hydrogen (secondary N) is 1. The predicted molar refractivity (Wildman–Crippen MR) is 163 cm³/mol. The van der Waals surface area contributed by atoms with Crippen LogP contribution < -0.4 is 5.32 Å². The lowest BCUT2D eigenvalue weighted by molar-refractivity contribution is -0.380. The number of aromatic nitrogens is 4. The maximum Gasteiger partial charge on any atom is 0.409 e. The van der Waals surface area contributed by atoms with Gasteiger partial charge >= 0.3 is 11.1 Å². The number of nitrogens with zero attached hydrogens (tertiary/aromatic N) is 6. The van der Waals surface area contributed by atoms with Gasteiger partial charge in [0.15, 0.2) is 11.5 Å². The zero-order valence-corrected chi connectivity index (χ0v) is 25.4. The Morgan fingerprint density at radius 3 is 2.50 bits per heavy atom. The SMILES string of the molecule is CCOCCOCCOC(=O)N1CCC(n2ncc3c(NC(=O)c4ccc([N+](=O)[O-])s4)nc(-c4ccc(Cl)cc4)nc32)CC1. The third kappa shape index (κ3) is 7.48. The molecule has 1 saturated heterocycles. The topological polar surface area (TPSA) is 164 Å². The van der Waals surface area contributed by atoms with Gasteiger partial charge in [-0.25, -0.2) is 19.4 Å². The molecule has 16 heteroatoms. The Kier molecular flexibility index (Phi) is 10.3. The third-order valence-electron chi connectivity index (χ3n) is 6.88. The lowest BCUT2D eigenvalue weighted by Gasteiger charge is -2.31. The second-order valence-electron chi connectivity index (χ2n) is 9.72. The summed E-state index contributed by atoms with van der Waals surface area (Å²) in [6, 6.07) is 9.58. The Morgan fingerprint density at radius 2 is 1.80 bits per heavy atom. The number of carbonyl (C=O) groups is 2. The van der Waals surface area contributed by atoms with Crippen LogP contribution in [-0.2, 0) is 14.2 Å². The van der Waals surface area contributed by atoms with Crippen molar-refractivity contribution in [2.24, 2.45) is 0 Å². The van der Waals surface area contributed by atoms with Crippen molar-refractivity contribution in [1.29, 1.82) is 0 Å². The summed E-state index contributed by atoms with van der Waals surface area (Å²) in [6.45, 7) is 4.87. The molecule has 4 heterocycles. The van der Waals surface area contributed by atoms with Gasteiger partial charge in [-0.3, -0.25) is 14.9 Å². The van der Waals surface area contributed by atoms with E-state index in [1.54, 1.807) is 40.0 Å². The molecule has 1 aliphatic heterocycles. The molecular weight excluding hydrogens is 614 g/mol. The lowest BCUT2D eigenvalue weighted by Crippen LogP contribution is -2.40. The maximum absolute atomic E-state index is 13.1. The summed E-state index contributed by atoms with van der Waals surface area (Å²) in [5.74, 6) is 0.0222. The van der Waals surface area contributed by atoms with Gasteiger partial charge in [-0.05, 0) is 50.1 Å². The van der Waals surface area contributed by atoms with E-state index >= 15 is 0 Å². The Labute approximate surface area is 261 Å². The van der Waals surface area contributed by atoms with Crippen LogP contribution in [0.15, 0.2) is 42.6 Å². The van der Waals surface area contributed by atoms with Crippen LogP contribution >= 0.6 is 22.9 Å². The minimum Gasteiger partial charge on any atom is -0.447 e. The van der Waals surface area contributed by atoms with Crippen molar-refractivity contribution in [3.63, 3.8) is 0 Å². The molecule has 0 spiro atoms. The fraction of sp³-hybridized carbons (Fsp3) is 0.393. The number of fused-ring (bicyclic) bond motifs is 1. The molecule has 0 saturated carbocycles. The van der Waals surface area contributed by atoms with Crippen molar-refractivity contribution < 1.29 is 28.7 Å². The monoisotopic (exact) mass is 643 g/mol. The van der Waals surface area contributed by atoms with Gasteiger partial charge in [-0.2, -0.15) is 5.10 Å². The summed E-state index contributed by atoms with van der Waals surface area (Å²) in [6.07, 6.45) is 2.41. The Hall–Kier alpha value is -4.18. The van der Waals surface area contributed by atoms with Crippen LogP contribution in [0.5, 0.6) is 0 Å². The Bertz CT molecular complexity index is 1620. The molecule has 4 aromatic rings. The van der Waals surface area contributed by atoms with Crippen LogP contribution in [0.2, 0.25) is 5.02 Å². The van der Waals surface area contributed by atoms with Gasteiger partial charge in [0.25, 0.3) is 5.91 Å².